The van der Waals surface area contributed by atoms with Crippen molar-refractivity contribution in [3.05, 3.63) is 47.4 Å². The first-order valence-electron chi connectivity index (χ1n) is 6.94. The topological polar surface area (TPSA) is 66.7 Å². The summed E-state index contributed by atoms with van der Waals surface area (Å²) in [5.74, 6) is 0. The van der Waals surface area contributed by atoms with E-state index < -0.39 is 11.7 Å². The first-order valence-corrected chi connectivity index (χ1v) is 6.94. The van der Waals surface area contributed by atoms with Gasteiger partial charge in [-0.05, 0) is 37.6 Å². The smallest absolute Gasteiger partial charge is 0.397 e. The lowest BCUT2D eigenvalue weighted by Gasteiger charge is -2.13. The van der Waals surface area contributed by atoms with Crippen LogP contribution in [0.3, 0.4) is 0 Å². The fourth-order valence-electron chi connectivity index (χ4n) is 2.52. The number of nitrogens with one attached hydrogen (secondary N) is 2. The van der Waals surface area contributed by atoms with E-state index in [0.29, 0.717) is 28.1 Å². The second-order valence-electron chi connectivity index (χ2n) is 5.41. The quantitative estimate of drug-likeness (QED) is 0.650. The van der Waals surface area contributed by atoms with E-state index in [4.69, 9.17) is 5.73 Å². The van der Waals surface area contributed by atoms with Gasteiger partial charge in [0.05, 0.1) is 28.7 Å². The highest BCUT2D eigenvalue weighted by Crippen LogP contribution is 2.39. The van der Waals surface area contributed by atoms with Crippen LogP contribution in [0, 0.1) is 13.8 Å². The molecule has 120 valence electrons. The van der Waals surface area contributed by atoms with Crippen molar-refractivity contribution in [2.75, 3.05) is 11.1 Å². The van der Waals surface area contributed by atoms with Crippen LogP contribution >= 0.6 is 0 Å². The number of H-pyrrole nitrogens is 1. The molecule has 0 saturated carbocycles. The molecule has 0 fully saturated rings. The van der Waals surface area contributed by atoms with Gasteiger partial charge in [0, 0.05) is 23.0 Å². The minimum absolute atomic E-state index is 0.0946. The number of halogens is 3. The van der Waals surface area contributed by atoms with Crippen LogP contribution in [0.25, 0.3) is 10.9 Å². The van der Waals surface area contributed by atoms with Gasteiger partial charge >= 0.3 is 6.18 Å². The van der Waals surface area contributed by atoms with Crippen molar-refractivity contribution < 1.29 is 13.2 Å². The Morgan fingerprint density at radius 2 is 1.96 bits per heavy atom. The Bertz CT molecular complexity index is 881. The Balaban J connectivity index is 2.19. The molecule has 0 aliphatic carbocycles. The standard InChI is InChI=1S/C16H15F3N4/c1-8-9(2)22-15-11(8)5-10(6-12(15)16(17,18)19)23-14-7-21-4-3-13(14)20/h3-7,22-23H,1-2H3,(H2,20,21). The number of alkyl halides is 3. The lowest BCUT2D eigenvalue weighted by Crippen LogP contribution is -2.07. The van der Waals surface area contributed by atoms with Crippen molar-refractivity contribution in [1.29, 1.82) is 0 Å². The van der Waals surface area contributed by atoms with Crippen LogP contribution < -0.4 is 11.1 Å². The van der Waals surface area contributed by atoms with Crippen molar-refractivity contribution in [2.24, 2.45) is 0 Å². The fourth-order valence-corrected chi connectivity index (χ4v) is 2.52. The molecule has 0 atom stereocenters. The summed E-state index contributed by atoms with van der Waals surface area (Å²) < 4.78 is 40.1. The van der Waals surface area contributed by atoms with Crippen LogP contribution in [0.5, 0.6) is 0 Å². The Labute approximate surface area is 130 Å². The summed E-state index contributed by atoms with van der Waals surface area (Å²) in [6.45, 7) is 3.54. The van der Waals surface area contributed by atoms with Crippen molar-refractivity contribution in [1.82, 2.24) is 9.97 Å². The van der Waals surface area contributed by atoms with Gasteiger partial charge in [-0.2, -0.15) is 13.2 Å². The van der Waals surface area contributed by atoms with E-state index in [-0.39, 0.29) is 5.52 Å². The molecule has 7 heteroatoms. The lowest BCUT2D eigenvalue weighted by molar-refractivity contribution is -0.136. The number of nitrogens with two attached hydrogens (primary N) is 1. The molecular weight excluding hydrogens is 305 g/mol. The van der Waals surface area contributed by atoms with E-state index in [2.05, 4.69) is 15.3 Å². The maximum atomic E-state index is 13.4. The molecule has 2 aromatic heterocycles. The van der Waals surface area contributed by atoms with Gasteiger partial charge in [0.1, 0.15) is 0 Å². The predicted molar refractivity (Wildman–Crippen MR) is 84.7 cm³/mol. The minimum Gasteiger partial charge on any atom is -0.397 e. The number of pyridine rings is 1. The maximum absolute atomic E-state index is 13.4. The summed E-state index contributed by atoms with van der Waals surface area (Å²) in [4.78, 5) is 6.75. The molecule has 1 aromatic carbocycles. The van der Waals surface area contributed by atoms with Gasteiger partial charge in [-0.1, -0.05) is 0 Å². The summed E-state index contributed by atoms with van der Waals surface area (Å²) in [5, 5.41) is 3.44. The molecule has 4 nitrogen and oxygen atoms in total. The van der Waals surface area contributed by atoms with Crippen molar-refractivity contribution in [3.63, 3.8) is 0 Å². The van der Waals surface area contributed by atoms with Crippen LogP contribution in [-0.2, 0) is 6.18 Å². The van der Waals surface area contributed by atoms with Crippen LogP contribution in [0.1, 0.15) is 16.8 Å². The molecule has 3 rings (SSSR count). The molecule has 0 amide bonds. The molecule has 2 heterocycles. The molecule has 0 bridgehead atoms. The molecule has 4 N–H and O–H groups in total. The minimum atomic E-state index is -4.46. The number of hydrogen-bond donors (Lipinski definition) is 3. The second-order valence-corrected chi connectivity index (χ2v) is 5.41. The van der Waals surface area contributed by atoms with Crippen molar-refractivity contribution >= 4 is 28.0 Å². The zero-order chi connectivity index (χ0) is 16.8. The Kier molecular flexibility index (Phi) is 3.43. The summed E-state index contributed by atoms with van der Waals surface area (Å²) in [5.41, 5.74) is 7.87. The largest absolute Gasteiger partial charge is 0.418 e. The normalized spacial score (nSPS) is 11.9. The molecule has 0 aliphatic rings. The number of fused-ring (bicyclic) bond motifs is 1. The molecule has 0 spiro atoms. The number of benzene rings is 1. The average Bonchev–Trinajstić information content (AvgIpc) is 2.75. The zero-order valence-electron chi connectivity index (χ0n) is 12.5. The molecule has 0 aliphatic heterocycles. The van der Waals surface area contributed by atoms with E-state index in [0.717, 1.165) is 11.6 Å². The van der Waals surface area contributed by atoms with Gasteiger partial charge in [0.25, 0.3) is 0 Å². The van der Waals surface area contributed by atoms with E-state index in [1.54, 1.807) is 26.0 Å². The molecule has 23 heavy (non-hydrogen) atoms. The number of aromatic nitrogens is 2. The van der Waals surface area contributed by atoms with Gasteiger partial charge in [-0.25, -0.2) is 0 Å². The molecular formula is C16H15F3N4. The van der Waals surface area contributed by atoms with Crippen LogP contribution in [0.15, 0.2) is 30.6 Å². The molecule has 0 saturated heterocycles. The zero-order valence-corrected chi connectivity index (χ0v) is 12.5. The number of anilines is 3. The third-order valence-electron chi connectivity index (χ3n) is 3.86. The Morgan fingerprint density at radius 1 is 1.22 bits per heavy atom. The Morgan fingerprint density at radius 3 is 2.61 bits per heavy atom. The summed E-state index contributed by atoms with van der Waals surface area (Å²) in [7, 11) is 0. The monoisotopic (exact) mass is 320 g/mol. The van der Waals surface area contributed by atoms with Gasteiger partial charge < -0.3 is 16.0 Å². The Hall–Kier alpha value is -2.70. The summed E-state index contributed by atoms with van der Waals surface area (Å²) in [6.07, 6.45) is -1.47. The van der Waals surface area contributed by atoms with E-state index in [1.165, 1.54) is 12.4 Å². The van der Waals surface area contributed by atoms with E-state index >= 15 is 0 Å². The first-order chi connectivity index (χ1) is 10.8. The number of aryl methyl sites for hydroxylation is 2. The van der Waals surface area contributed by atoms with Gasteiger partial charge in [-0.15, -0.1) is 0 Å². The number of nitrogen functional groups attached to an aromatic ring is 1. The second kappa shape index (κ2) is 5.19. The van der Waals surface area contributed by atoms with Crippen molar-refractivity contribution in [2.45, 2.75) is 20.0 Å². The highest BCUT2D eigenvalue weighted by atomic mass is 19.4. The third-order valence-corrected chi connectivity index (χ3v) is 3.86. The molecule has 3 aromatic rings. The van der Waals surface area contributed by atoms with Gasteiger partial charge in [-0.3, -0.25) is 4.98 Å². The van der Waals surface area contributed by atoms with E-state index in [9.17, 15) is 13.2 Å². The number of rotatable bonds is 2. The predicted octanol–water partition coefficient (Wildman–Crippen LogP) is 4.52. The first kappa shape index (κ1) is 15.2. The van der Waals surface area contributed by atoms with Crippen LogP contribution in [0.2, 0.25) is 0 Å². The molecule has 0 radical (unpaired) electrons. The molecule has 0 unspecified atom stereocenters. The van der Waals surface area contributed by atoms with Gasteiger partial charge in [0.15, 0.2) is 0 Å². The average molecular weight is 320 g/mol. The number of nitrogens with zero attached hydrogens (tertiary/aromatic N) is 1. The van der Waals surface area contributed by atoms with E-state index in [1.807, 2.05) is 0 Å². The fraction of sp³-hybridized carbons (Fsp3) is 0.188. The van der Waals surface area contributed by atoms with Crippen LogP contribution in [0.4, 0.5) is 30.2 Å². The number of aromatic amines is 1. The lowest BCUT2D eigenvalue weighted by atomic mass is 10.1. The summed E-state index contributed by atoms with van der Waals surface area (Å²) in [6, 6.07) is 4.33. The SMILES string of the molecule is Cc1[nH]c2c(C(F)(F)F)cc(Nc3cnccc3N)cc2c1C. The summed E-state index contributed by atoms with van der Waals surface area (Å²) >= 11 is 0. The van der Waals surface area contributed by atoms with Crippen LogP contribution in [-0.4, -0.2) is 9.97 Å². The highest BCUT2D eigenvalue weighted by Gasteiger charge is 2.34. The highest BCUT2D eigenvalue weighted by molar-refractivity contribution is 5.91. The maximum Gasteiger partial charge on any atom is 0.418 e. The third kappa shape index (κ3) is 2.69. The van der Waals surface area contributed by atoms with Gasteiger partial charge in [0.2, 0.25) is 0 Å². The van der Waals surface area contributed by atoms with Crippen molar-refractivity contribution in [3.8, 4) is 0 Å². The number of hydrogen-bond acceptors (Lipinski definition) is 3.